The molecule has 0 heterocycles. The number of alkyl halides is 4. The molecule has 0 bridgehead atoms. The Morgan fingerprint density at radius 3 is 1.32 bits per heavy atom. The van der Waals surface area contributed by atoms with Crippen LogP contribution in [0.4, 0.5) is 0 Å². The van der Waals surface area contributed by atoms with Crippen LogP contribution in [0, 0.1) is 0 Å². The zero-order valence-corrected chi connectivity index (χ0v) is 15.4. The van der Waals surface area contributed by atoms with Gasteiger partial charge in [-0.05, 0) is 25.7 Å². The molecular weight excluding hydrogens is 374 g/mol. The average molecular weight is 396 g/mol. The predicted molar refractivity (Wildman–Crippen MR) is 89.3 cm³/mol. The SMILES string of the molecule is O=C(CCCCCC(Cl)Cl)OOC(=O)CCCCCC(Cl)Cl. The Hall–Kier alpha value is 0.1000. The molecule has 0 fully saturated rings. The van der Waals surface area contributed by atoms with Crippen LogP contribution in [0.2, 0.25) is 0 Å². The van der Waals surface area contributed by atoms with E-state index in [1.807, 2.05) is 0 Å². The summed E-state index contributed by atoms with van der Waals surface area (Å²) in [4.78, 5) is 30.8. The topological polar surface area (TPSA) is 52.6 Å². The molecule has 0 N–H and O–H groups in total. The largest absolute Gasteiger partial charge is 0.355 e. The highest BCUT2D eigenvalue weighted by Crippen LogP contribution is 2.14. The Morgan fingerprint density at radius 1 is 0.636 bits per heavy atom. The monoisotopic (exact) mass is 394 g/mol. The van der Waals surface area contributed by atoms with Gasteiger partial charge in [-0.2, -0.15) is 0 Å². The molecule has 8 heteroatoms. The van der Waals surface area contributed by atoms with Gasteiger partial charge in [-0.25, -0.2) is 19.4 Å². The summed E-state index contributed by atoms with van der Waals surface area (Å²) < 4.78 is 0. The fourth-order valence-corrected chi connectivity index (χ4v) is 2.28. The van der Waals surface area contributed by atoms with Crippen molar-refractivity contribution in [2.45, 2.75) is 73.9 Å². The summed E-state index contributed by atoms with van der Waals surface area (Å²) in [6.45, 7) is 0. The summed E-state index contributed by atoms with van der Waals surface area (Å²) in [6.07, 6.45) is 6.42. The molecule has 0 aromatic rings. The van der Waals surface area contributed by atoms with Crippen LogP contribution in [0.15, 0.2) is 0 Å². The number of rotatable bonds is 12. The molecule has 0 aromatic carbocycles. The molecule has 4 nitrogen and oxygen atoms in total. The minimum Gasteiger partial charge on any atom is -0.247 e. The van der Waals surface area contributed by atoms with Crippen molar-refractivity contribution in [1.29, 1.82) is 0 Å². The number of halogens is 4. The second-order valence-electron chi connectivity index (χ2n) is 4.89. The van der Waals surface area contributed by atoms with Crippen LogP contribution in [0.3, 0.4) is 0 Å². The van der Waals surface area contributed by atoms with Gasteiger partial charge in [0.15, 0.2) is 0 Å². The first-order chi connectivity index (χ1) is 10.4. The molecule has 0 saturated carbocycles. The molecule has 0 aliphatic carbocycles. The van der Waals surface area contributed by atoms with Gasteiger partial charge in [-0.3, -0.25) is 0 Å². The quantitative estimate of drug-likeness (QED) is 0.189. The third-order valence-electron chi connectivity index (χ3n) is 2.83. The van der Waals surface area contributed by atoms with Gasteiger partial charge >= 0.3 is 11.9 Å². The van der Waals surface area contributed by atoms with E-state index in [-0.39, 0.29) is 22.5 Å². The second kappa shape index (κ2) is 14.7. The van der Waals surface area contributed by atoms with E-state index in [0.29, 0.717) is 25.7 Å². The lowest BCUT2D eigenvalue weighted by Crippen LogP contribution is -2.11. The van der Waals surface area contributed by atoms with E-state index < -0.39 is 11.9 Å². The molecule has 0 aliphatic heterocycles. The lowest BCUT2D eigenvalue weighted by Gasteiger charge is -2.04. The normalized spacial score (nSPS) is 11.0. The number of carbonyl (C=O) groups is 2. The molecule has 0 aromatic heterocycles. The Kier molecular flexibility index (Phi) is 14.7. The maximum Gasteiger partial charge on any atom is 0.355 e. The molecule has 0 aliphatic rings. The first-order valence-corrected chi connectivity index (χ1v) is 9.13. The van der Waals surface area contributed by atoms with Crippen LogP contribution in [-0.4, -0.2) is 21.6 Å². The van der Waals surface area contributed by atoms with Crippen molar-refractivity contribution in [2.24, 2.45) is 0 Å². The van der Waals surface area contributed by atoms with Gasteiger partial charge in [0.2, 0.25) is 0 Å². The maximum absolute atomic E-state index is 11.3. The van der Waals surface area contributed by atoms with Crippen molar-refractivity contribution in [3.63, 3.8) is 0 Å². The van der Waals surface area contributed by atoms with E-state index in [0.717, 1.165) is 25.7 Å². The molecule has 130 valence electrons. The number of hydrogen-bond acceptors (Lipinski definition) is 4. The van der Waals surface area contributed by atoms with Crippen LogP contribution in [-0.2, 0) is 19.4 Å². The Balaban J connectivity index is 3.43. The van der Waals surface area contributed by atoms with E-state index in [1.165, 1.54) is 0 Å². The Bertz CT molecular complexity index is 281. The van der Waals surface area contributed by atoms with Gasteiger partial charge in [0.05, 0.1) is 12.8 Å². The van der Waals surface area contributed by atoms with Crippen LogP contribution >= 0.6 is 46.4 Å². The van der Waals surface area contributed by atoms with Gasteiger partial charge in [0.25, 0.3) is 0 Å². The third-order valence-corrected chi connectivity index (χ3v) is 3.71. The van der Waals surface area contributed by atoms with Crippen molar-refractivity contribution in [3.8, 4) is 0 Å². The van der Waals surface area contributed by atoms with Gasteiger partial charge < -0.3 is 0 Å². The van der Waals surface area contributed by atoms with Crippen LogP contribution < -0.4 is 0 Å². The summed E-state index contributed by atoms with van der Waals surface area (Å²) in [5.41, 5.74) is 0. The molecule has 0 radical (unpaired) electrons. The smallest absolute Gasteiger partial charge is 0.247 e. The van der Waals surface area contributed by atoms with Crippen LogP contribution in [0.1, 0.15) is 64.2 Å². The van der Waals surface area contributed by atoms with Gasteiger partial charge in [-0.15, -0.1) is 46.4 Å². The summed E-state index contributed by atoms with van der Waals surface area (Å²) in [6, 6.07) is 0. The maximum atomic E-state index is 11.3. The highest BCUT2D eigenvalue weighted by molar-refractivity contribution is 6.44. The van der Waals surface area contributed by atoms with Crippen LogP contribution in [0.25, 0.3) is 0 Å². The molecule has 22 heavy (non-hydrogen) atoms. The molecule has 0 atom stereocenters. The van der Waals surface area contributed by atoms with Gasteiger partial charge in [0, 0.05) is 0 Å². The second-order valence-corrected chi connectivity index (χ2v) is 7.45. The molecule has 0 unspecified atom stereocenters. The van der Waals surface area contributed by atoms with Gasteiger partial charge in [-0.1, -0.05) is 25.7 Å². The third kappa shape index (κ3) is 16.5. The minimum atomic E-state index is -0.547. The molecular formula is C14H22Cl4O4. The highest BCUT2D eigenvalue weighted by atomic mass is 35.5. The standard InChI is InChI=1S/C14H22Cl4O4/c15-11(16)7-3-1-5-9-13(19)21-22-14(20)10-6-2-4-8-12(17)18/h11-12H,1-10H2. The number of carbonyl (C=O) groups excluding carboxylic acids is 2. The minimum absolute atomic E-state index is 0.204. The average Bonchev–Trinajstić information content (AvgIpc) is 2.43. The summed E-state index contributed by atoms with van der Waals surface area (Å²) in [5, 5.41) is 0. The lowest BCUT2D eigenvalue weighted by molar-refractivity contribution is -0.259. The van der Waals surface area contributed by atoms with Crippen molar-refractivity contribution in [2.75, 3.05) is 0 Å². The first kappa shape index (κ1) is 22.1. The van der Waals surface area contributed by atoms with Crippen molar-refractivity contribution < 1.29 is 19.4 Å². The summed E-state index contributed by atoms with van der Waals surface area (Å²) in [5.74, 6) is -1.09. The van der Waals surface area contributed by atoms with Crippen LogP contribution in [0.5, 0.6) is 0 Å². The lowest BCUT2D eigenvalue weighted by atomic mass is 10.1. The Labute approximate surface area is 151 Å². The zero-order chi connectivity index (χ0) is 16.8. The Morgan fingerprint density at radius 2 is 1.00 bits per heavy atom. The van der Waals surface area contributed by atoms with E-state index >= 15 is 0 Å². The fraction of sp³-hybridized carbons (Fsp3) is 0.857. The van der Waals surface area contributed by atoms with Gasteiger partial charge in [0.1, 0.15) is 9.67 Å². The summed E-state index contributed by atoms with van der Waals surface area (Å²) in [7, 11) is 0. The van der Waals surface area contributed by atoms with E-state index in [4.69, 9.17) is 46.4 Å². The fourth-order valence-electron chi connectivity index (χ4n) is 1.67. The molecule has 0 amide bonds. The zero-order valence-electron chi connectivity index (χ0n) is 12.4. The summed E-state index contributed by atoms with van der Waals surface area (Å²) >= 11 is 22.3. The number of unbranched alkanes of at least 4 members (excludes halogenated alkanes) is 4. The first-order valence-electron chi connectivity index (χ1n) is 7.38. The predicted octanol–water partition coefficient (Wildman–Crippen LogP) is 5.50. The van der Waals surface area contributed by atoms with E-state index in [1.54, 1.807) is 0 Å². The highest BCUT2D eigenvalue weighted by Gasteiger charge is 2.10. The van der Waals surface area contributed by atoms with E-state index in [9.17, 15) is 9.59 Å². The van der Waals surface area contributed by atoms with E-state index in [2.05, 4.69) is 9.78 Å². The molecule has 0 spiro atoms. The van der Waals surface area contributed by atoms with Crippen molar-refractivity contribution in [1.82, 2.24) is 0 Å². The van der Waals surface area contributed by atoms with Crippen molar-refractivity contribution in [3.05, 3.63) is 0 Å². The van der Waals surface area contributed by atoms with Crippen molar-refractivity contribution >= 4 is 58.3 Å². The number of hydrogen-bond donors (Lipinski definition) is 0. The molecule has 0 rings (SSSR count). The molecule has 0 saturated heterocycles.